The maximum Gasteiger partial charge on any atom is 0.242 e. The summed E-state index contributed by atoms with van der Waals surface area (Å²) in [5, 5.41) is 5.28. The number of carbonyl (C=O) groups excluding carboxylic acids is 3. The van der Waals surface area contributed by atoms with Crippen molar-refractivity contribution >= 4 is 40.3 Å². The minimum absolute atomic E-state index is 0.226. The highest BCUT2D eigenvalue weighted by molar-refractivity contribution is 6.21. The summed E-state index contributed by atoms with van der Waals surface area (Å²) in [6.07, 6.45) is 0. The number of nitrogens with one attached hydrogen (secondary N) is 3. The van der Waals surface area contributed by atoms with Crippen LogP contribution in [0.4, 0.5) is 11.6 Å². The molecule has 7 heteroatoms. The molecule has 3 rings (SSSR count). The molecule has 108 valence electrons. The quantitative estimate of drug-likeness (QED) is 0.724. The number of amides is 2. The number of fused-ring (bicyclic) bond motifs is 2. The molecule has 0 spiro atoms. The van der Waals surface area contributed by atoms with E-state index in [1.807, 2.05) is 0 Å². The highest BCUT2D eigenvalue weighted by Crippen LogP contribution is 2.40. The fourth-order valence-electron chi connectivity index (χ4n) is 2.52. The van der Waals surface area contributed by atoms with E-state index in [0.29, 0.717) is 28.2 Å². The van der Waals surface area contributed by atoms with E-state index in [1.54, 1.807) is 19.1 Å². The number of carbonyl (C=O) groups is 3. The number of benzene rings is 1. The van der Waals surface area contributed by atoms with E-state index in [2.05, 4.69) is 20.6 Å². The average molecular weight is 286 g/mol. The number of aromatic nitrogens is 2. The molecular formula is C14H14N4O3. The van der Waals surface area contributed by atoms with Gasteiger partial charge in [0.25, 0.3) is 0 Å². The van der Waals surface area contributed by atoms with Crippen molar-refractivity contribution in [3.63, 3.8) is 0 Å². The zero-order valence-electron chi connectivity index (χ0n) is 11.8. The van der Waals surface area contributed by atoms with Crippen LogP contribution in [0.2, 0.25) is 0 Å². The first kappa shape index (κ1) is 13.3. The van der Waals surface area contributed by atoms with E-state index in [4.69, 9.17) is 0 Å². The van der Waals surface area contributed by atoms with Gasteiger partial charge in [0, 0.05) is 18.2 Å². The van der Waals surface area contributed by atoms with Crippen LogP contribution in [0.15, 0.2) is 12.1 Å². The summed E-state index contributed by atoms with van der Waals surface area (Å²) in [5.74, 6) is -0.462. The van der Waals surface area contributed by atoms with Gasteiger partial charge in [-0.1, -0.05) is 0 Å². The molecule has 21 heavy (non-hydrogen) atoms. The molecule has 0 radical (unpaired) electrons. The Morgan fingerprint density at radius 1 is 1.29 bits per heavy atom. The van der Waals surface area contributed by atoms with Crippen molar-refractivity contribution in [3.05, 3.63) is 17.7 Å². The highest BCUT2D eigenvalue weighted by Gasteiger charge is 2.47. The molecule has 0 fully saturated rings. The molecule has 3 N–H and O–H groups in total. The Labute approximate surface area is 120 Å². The second-order valence-corrected chi connectivity index (χ2v) is 5.32. The molecule has 1 aliphatic rings. The number of aromatic amines is 1. The summed E-state index contributed by atoms with van der Waals surface area (Å²) < 4.78 is 0. The zero-order chi connectivity index (χ0) is 15.4. The third-order valence-electron chi connectivity index (χ3n) is 3.86. The van der Waals surface area contributed by atoms with Gasteiger partial charge in [0.1, 0.15) is 11.2 Å². The Hall–Kier alpha value is -2.70. The van der Waals surface area contributed by atoms with Crippen LogP contribution in [0.1, 0.15) is 26.3 Å². The van der Waals surface area contributed by atoms with Crippen LogP contribution in [0.3, 0.4) is 0 Å². The SMILES string of the molecule is CC(=O)Nc1nc2cc3c(cc2[nH]1)NC(=O)C3(C)C(C)=O. The summed E-state index contributed by atoms with van der Waals surface area (Å²) in [7, 11) is 0. The zero-order valence-corrected chi connectivity index (χ0v) is 11.8. The number of hydrogen-bond acceptors (Lipinski definition) is 4. The number of imidazole rings is 1. The number of H-pyrrole nitrogens is 1. The lowest BCUT2D eigenvalue weighted by Gasteiger charge is -2.17. The minimum Gasteiger partial charge on any atom is -0.325 e. The number of Topliss-reactive ketones (excluding diaryl/α,β-unsaturated/α-hetero) is 1. The van der Waals surface area contributed by atoms with E-state index in [0.717, 1.165) is 0 Å². The van der Waals surface area contributed by atoms with Crippen molar-refractivity contribution in [3.8, 4) is 0 Å². The summed E-state index contributed by atoms with van der Waals surface area (Å²) in [4.78, 5) is 42.2. The minimum atomic E-state index is -1.20. The van der Waals surface area contributed by atoms with Crippen LogP contribution in [-0.2, 0) is 19.8 Å². The molecule has 0 bridgehead atoms. The smallest absolute Gasteiger partial charge is 0.242 e. The molecule has 0 saturated carbocycles. The molecule has 1 aromatic carbocycles. The Balaban J connectivity index is 2.17. The Morgan fingerprint density at radius 2 is 2.00 bits per heavy atom. The summed E-state index contributed by atoms with van der Waals surface area (Å²) >= 11 is 0. The Kier molecular flexibility index (Phi) is 2.62. The number of hydrogen-bond donors (Lipinski definition) is 3. The molecule has 0 aliphatic carbocycles. The van der Waals surface area contributed by atoms with Gasteiger partial charge in [0.05, 0.1) is 11.0 Å². The van der Waals surface area contributed by atoms with Crippen LogP contribution in [-0.4, -0.2) is 27.6 Å². The lowest BCUT2D eigenvalue weighted by molar-refractivity contribution is -0.130. The van der Waals surface area contributed by atoms with Gasteiger partial charge in [0.15, 0.2) is 0 Å². The van der Waals surface area contributed by atoms with Gasteiger partial charge in [-0.15, -0.1) is 0 Å². The van der Waals surface area contributed by atoms with Crippen LogP contribution in [0.25, 0.3) is 11.0 Å². The molecule has 1 unspecified atom stereocenters. The molecular weight excluding hydrogens is 272 g/mol. The summed E-state index contributed by atoms with van der Waals surface area (Å²) in [6, 6.07) is 3.42. The van der Waals surface area contributed by atoms with Crippen molar-refractivity contribution < 1.29 is 14.4 Å². The molecule has 2 heterocycles. The van der Waals surface area contributed by atoms with Crippen LogP contribution >= 0.6 is 0 Å². The molecule has 7 nitrogen and oxygen atoms in total. The van der Waals surface area contributed by atoms with Gasteiger partial charge in [-0.2, -0.15) is 0 Å². The molecule has 0 saturated heterocycles. The third kappa shape index (κ3) is 1.81. The van der Waals surface area contributed by atoms with E-state index < -0.39 is 5.41 Å². The fourth-order valence-corrected chi connectivity index (χ4v) is 2.52. The topological polar surface area (TPSA) is 104 Å². The number of rotatable bonds is 2. The second kappa shape index (κ2) is 4.15. The molecule has 1 aromatic heterocycles. The predicted octanol–water partition coefficient (Wildman–Crippen LogP) is 1.32. The highest BCUT2D eigenvalue weighted by atomic mass is 16.2. The lowest BCUT2D eigenvalue weighted by atomic mass is 9.80. The van der Waals surface area contributed by atoms with E-state index in [9.17, 15) is 14.4 Å². The molecule has 1 aliphatic heterocycles. The third-order valence-corrected chi connectivity index (χ3v) is 3.86. The van der Waals surface area contributed by atoms with Gasteiger partial charge in [0.2, 0.25) is 17.8 Å². The van der Waals surface area contributed by atoms with Crippen LogP contribution in [0, 0.1) is 0 Å². The summed E-state index contributed by atoms with van der Waals surface area (Å²) in [6.45, 7) is 4.39. The largest absolute Gasteiger partial charge is 0.325 e. The number of ketones is 1. The maximum atomic E-state index is 12.1. The van der Waals surface area contributed by atoms with Crippen molar-refractivity contribution in [1.29, 1.82) is 0 Å². The van der Waals surface area contributed by atoms with E-state index in [1.165, 1.54) is 13.8 Å². The number of nitrogens with zero attached hydrogens (tertiary/aromatic N) is 1. The van der Waals surface area contributed by atoms with Gasteiger partial charge in [-0.25, -0.2) is 4.98 Å². The Morgan fingerprint density at radius 3 is 2.62 bits per heavy atom. The van der Waals surface area contributed by atoms with Crippen molar-refractivity contribution in [2.45, 2.75) is 26.2 Å². The fraction of sp³-hybridized carbons (Fsp3) is 0.286. The molecule has 2 amide bonds. The molecule has 2 aromatic rings. The summed E-state index contributed by atoms with van der Waals surface area (Å²) in [5.41, 5.74) is 1.25. The lowest BCUT2D eigenvalue weighted by Crippen LogP contribution is -2.37. The van der Waals surface area contributed by atoms with Crippen LogP contribution < -0.4 is 10.6 Å². The maximum absolute atomic E-state index is 12.1. The average Bonchev–Trinajstić information content (AvgIpc) is 2.86. The van der Waals surface area contributed by atoms with Gasteiger partial charge in [-0.3, -0.25) is 19.7 Å². The second-order valence-electron chi connectivity index (χ2n) is 5.32. The van der Waals surface area contributed by atoms with E-state index in [-0.39, 0.29) is 17.6 Å². The standard InChI is InChI=1S/C14H14N4O3/c1-6(19)14(3)8-4-10-11(5-9(8)16-12(14)21)18-13(17-10)15-7(2)20/h4-5H,1-3H3,(H,16,21)(H2,15,17,18,20). The Bertz CT molecular complexity index is 808. The van der Waals surface area contributed by atoms with Crippen LogP contribution in [0.5, 0.6) is 0 Å². The number of anilines is 2. The van der Waals surface area contributed by atoms with Crippen molar-refractivity contribution in [2.75, 3.05) is 10.6 Å². The van der Waals surface area contributed by atoms with Gasteiger partial charge in [-0.05, 0) is 26.0 Å². The first-order chi connectivity index (χ1) is 9.82. The van der Waals surface area contributed by atoms with Crippen molar-refractivity contribution in [2.24, 2.45) is 0 Å². The van der Waals surface area contributed by atoms with Gasteiger partial charge < -0.3 is 10.3 Å². The van der Waals surface area contributed by atoms with Crippen molar-refractivity contribution in [1.82, 2.24) is 9.97 Å². The normalized spacial score (nSPS) is 20.2. The van der Waals surface area contributed by atoms with Gasteiger partial charge >= 0.3 is 0 Å². The van der Waals surface area contributed by atoms with E-state index >= 15 is 0 Å². The predicted molar refractivity (Wildman–Crippen MR) is 77.1 cm³/mol. The molecule has 1 atom stereocenters. The first-order valence-electron chi connectivity index (χ1n) is 6.46. The first-order valence-corrected chi connectivity index (χ1v) is 6.46. The monoisotopic (exact) mass is 286 g/mol.